The average molecular weight is 468 g/mol. The number of allylic oxidation sites excluding steroid dienone is 2. The van der Waals surface area contributed by atoms with Crippen LogP contribution in [0.25, 0.3) is 16.5 Å². The third kappa shape index (κ3) is 3.54. The molecule has 0 bridgehead atoms. The van der Waals surface area contributed by atoms with E-state index in [4.69, 9.17) is 28.2 Å². The maximum Gasteiger partial charge on any atom is 0.262 e. The number of rotatable bonds is 4. The Kier molecular flexibility index (Phi) is 5.34. The molecule has 0 radical (unpaired) electrons. The van der Waals surface area contributed by atoms with Crippen molar-refractivity contribution in [3.63, 3.8) is 0 Å². The fourth-order valence-electron chi connectivity index (χ4n) is 4.82. The molecule has 2 aromatic carbocycles. The average Bonchev–Trinajstić information content (AvgIpc) is 3.14. The van der Waals surface area contributed by atoms with Crippen molar-refractivity contribution in [3.05, 3.63) is 79.8 Å². The number of carbonyl (C=O) groups is 1. The summed E-state index contributed by atoms with van der Waals surface area (Å²) in [5.74, 6) is 0.699. The molecule has 7 heteroatoms. The monoisotopic (exact) mass is 467 g/mol. The second-order valence-electron chi connectivity index (χ2n) is 8.93. The van der Waals surface area contributed by atoms with E-state index in [1.807, 2.05) is 12.1 Å². The number of carbonyl (C=O) groups excluding carboxylic acids is 1. The molecule has 2 aliphatic rings. The summed E-state index contributed by atoms with van der Waals surface area (Å²) in [4.78, 5) is 31.8. The van der Waals surface area contributed by atoms with E-state index < -0.39 is 6.04 Å². The number of nitrogens with zero attached hydrogens (tertiary/aromatic N) is 2. The van der Waals surface area contributed by atoms with Crippen LogP contribution < -0.4 is 10.9 Å². The Hall–Kier alpha value is -2.63. The van der Waals surface area contributed by atoms with Crippen molar-refractivity contribution in [1.82, 2.24) is 14.9 Å². The van der Waals surface area contributed by atoms with Gasteiger partial charge in [0.2, 0.25) is 5.91 Å². The van der Waals surface area contributed by atoms with E-state index in [1.54, 1.807) is 16.7 Å². The lowest BCUT2D eigenvalue weighted by atomic mass is 9.95. The summed E-state index contributed by atoms with van der Waals surface area (Å²) in [6.07, 6.45) is 4.07. The number of fused-ring (bicyclic) bond motifs is 3. The van der Waals surface area contributed by atoms with Crippen LogP contribution in [0.15, 0.2) is 47.3 Å². The molecule has 5 nitrogen and oxygen atoms in total. The van der Waals surface area contributed by atoms with Gasteiger partial charge in [-0.2, -0.15) is 0 Å². The number of amides is 1. The van der Waals surface area contributed by atoms with Gasteiger partial charge in [-0.3, -0.25) is 14.2 Å². The summed E-state index contributed by atoms with van der Waals surface area (Å²) in [6, 6.07) is 10.3. The van der Waals surface area contributed by atoms with Crippen LogP contribution in [0.5, 0.6) is 0 Å². The first-order valence-electron chi connectivity index (χ1n) is 10.8. The van der Waals surface area contributed by atoms with Crippen molar-refractivity contribution >= 4 is 45.6 Å². The van der Waals surface area contributed by atoms with Gasteiger partial charge in [0.05, 0.1) is 22.0 Å². The lowest BCUT2D eigenvalue weighted by Crippen LogP contribution is -2.48. The van der Waals surface area contributed by atoms with E-state index in [-0.39, 0.29) is 17.5 Å². The Morgan fingerprint density at radius 2 is 1.97 bits per heavy atom. The maximum absolute atomic E-state index is 13.7. The molecule has 1 aliphatic heterocycles. The summed E-state index contributed by atoms with van der Waals surface area (Å²) in [5, 5.41) is 4.14. The molecule has 2 heterocycles. The van der Waals surface area contributed by atoms with Gasteiger partial charge in [-0.25, -0.2) is 4.98 Å². The second kappa shape index (κ2) is 8.05. The summed E-state index contributed by atoms with van der Waals surface area (Å²) in [5.41, 5.74) is 3.58. The zero-order chi connectivity index (χ0) is 22.6. The minimum atomic E-state index is -0.687. The van der Waals surface area contributed by atoms with Crippen LogP contribution in [-0.4, -0.2) is 15.5 Å². The first kappa shape index (κ1) is 21.2. The van der Waals surface area contributed by atoms with Crippen LogP contribution in [0, 0.1) is 5.92 Å². The highest BCUT2D eigenvalue weighted by atomic mass is 35.5. The van der Waals surface area contributed by atoms with E-state index in [2.05, 4.69) is 37.4 Å². The molecule has 0 fully saturated rings. The van der Waals surface area contributed by atoms with Crippen LogP contribution in [0.3, 0.4) is 0 Å². The van der Waals surface area contributed by atoms with E-state index in [0.717, 1.165) is 17.6 Å². The Bertz CT molecular complexity index is 1340. The standard InChI is InChI=1S/C25H23Cl2N3O2/c1-13(2)9-20-23-29-22-18(11-16(26)12-19(22)27)25(32)30(23)21(24(31)28-20)10-15-8-7-14-5-3-4-6-17(14)15/h3-6,8,11-13,20-21H,7,9-10H2,1-2H3,(H,28,31)/t20-,21+/m0/s1. The lowest BCUT2D eigenvalue weighted by molar-refractivity contribution is -0.126. The predicted octanol–water partition coefficient (Wildman–Crippen LogP) is 5.49. The fourth-order valence-corrected chi connectivity index (χ4v) is 5.35. The molecular formula is C25H23Cl2N3O2. The van der Waals surface area contributed by atoms with Crippen molar-refractivity contribution in [3.8, 4) is 0 Å². The van der Waals surface area contributed by atoms with Crippen molar-refractivity contribution in [2.75, 3.05) is 0 Å². The highest BCUT2D eigenvalue weighted by Crippen LogP contribution is 2.37. The normalized spacial score (nSPS) is 19.7. The van der Waals surface area contributed by atoms with Gasteiger partial charge < -0.3 is 5.32 Å². The number of benzene rings is 2. The van der Waals surface area contributed by atoms with Gasteiger partial charge in [0.25, 0.3) is 5.56 Å². The molecule has 3 aromatic rings. The van der Waals surface area contributed by atoms with Gasteiger partial charge in [-0.15, -0.1) is 0 Å². The Labute approximate surface area is 196 Å². The van der Waals surface area contributed by atoms with E-state index in [1.165, 1.54) is 5.56 Å². The predicted molar refractivity (Wildman–Crippen MR) is 128 cm³/mol. The number of hydrogen-bond donors (Lipinski definition) is 1. The largest absolute Gasteiger partial charge is 0.344 e. The zero-order valence-corrected chi connectivity index (χ0v) is 19.4. The highest BCUT2D eigenvalue weighted by Gasteiger charge is 2.37. The first-order valence-corrected chi connectivity index (χ1v) is 11.6. The molecule has 32 heavy (non-hydrogen) atoms. The third-order valence-corrected chi connectivity index (χ3v) is 6.75. The number of halogens is 2. The molecule has 164 valence electrons. The highest BCUT2D eigenvalue weighted by molar-refractivity contribution is 6.38. The van der Waals surface area contributed by atoms with Gasteiger partial charge in [0.1, 0.15) is 11.9 Å². The van der Waals surface area contributed by atoms with Crippen LogP contribution in [-0.2, 0) is 11.2 Å². The lowest BCUT2D eigenvalue weighted by Gasteiger charge is -2.34. The SMILES string of the molecule is CC(C)C[C@@H]1NC(=O)[C@@H](CC2=CCc3ccccc32)n2c1nc1c(Cl)cc(Cl)cc1c2=O. The molecule has 0 saturated carbocycles. The number of aromatic nitrogens is 2. The molecule has 1 amide bonds. The quantitative estimate of drug-likeness (QED) is 0.551. The number of hydrogen-bond acceptors (Lipinski definition) is 3. The van der Waals surface area contributed by atoms with E-state index in [0.29, 0.717) is 45.5 Å². The number of nitrogens with one attached hydrogen (secondary N) is 1. The topological polar surface area (TPSA) is 64.0 Å². The van der Waals surface area contributed by atoms with Gasteiger partial charge in [0, 0.05) is 11.4 Å². The summed E-state index contributed by atoms with van der Waals surface area (Å²) in [6.45, 7) is 4.16. The zero-order valence-electron chi connectivity index (χ0n) is 17.9. The minimum Gasteiger partial charge on any atom is -0.344 e. The summed E-state index contributed by atoms with van der Waals surface area (Å²) >= 11 is 12.6. The molecule has 5 rings (SSSR count). The van der Waals surface area contributed by atoms with Gasteiger partial charge in [-0.05, 0) is 47.6 Å². The Morgan fingerprint density at radius 1 is 1.19 bits per heavy atom. The fraction of sp³-hybridized carbons (Fsp3) is 0.320. The molecule has 1 aromatic heterocycles. The van der Waals surface area contributed by atoms with Crippen molar-refractivity contribution in [2.45, 2.75) is 45.2 Å². The van der Waals surface area contributed by atoms with Crippen molar-refractivity contribution < 1.29 is 4.79 Å². The maximum atomic E-state index is 13.7. The van der Waals surface area contributed by atoms with Crippen molar-refractivity contribution in [1.29, 1.82) is 0 Å². The van der Waals surface area contributed by atoms with Gasteiger partial charge in [0.15, 0.2) is 0 Å². The van der Waals surface area contributed by atoms with Crippen LogP contribution in [0.2, 0.25) is 10.0 Å². The molecule has 0 unspecified atom stereocenters. The summed E-state index contributed by atoms with van der Waals surface area (Å²) in [7, 11) is 0. The van der Waals surface area contributed by atoms with Crippen molar-refractivity contribution in [2.24, 2.45) is 5.92 Å². The smallest absolute Gasteiger partial charge is 0.262 e. The van der Waals surface area contributed by atoms with Gasteiger partial charge in [-0.1, -0.05) is 67.4 Å². The first-order chi connectivity index (χ1) is 15.3. The summed E-state index contributed by atoms with van der Waals surface area (Å²) < 4.78 is 1.57. The minimum absolute atomic E-state index is 0.162. The molecule has 0 saturated heterocycles. The van der Waals surface area contributed by atoms with E-state index >= 15 is 0 Å². The molecule has 1 aliphatic carbocycles. The van der Waals surface area contributed by atoms with Crippen LogP contribution in [0.1, 0.15) is 55.7 Å². The molecular weight excluding hydrogens is 445 g/mol. The van der Waals surface area contributed by atoms with Crippen LogP contribution in [0.4, 0.5) is 0 Å². The molecule has 0 spiro atoms. The second-order valence-corrected chi connectivity index (χ2v) is 9.77. The Balaban J connectivity index is 1.68. The third-order valence-electron chi connectivity index (χ3n) is 6.25. The molecule has 2 atom stereocenters. The van der Waals surface area contributed by atoms with Crippen LogP contribution >= 0.6 is 23.2 Å². The Morgan fingerprint density at radius 3 is 2.75 bits per heavy atom. The molecule has 1 N–H and O–H groups in total. The van der Waals surface area contributed by atoms with E-state index in [9.17, 15) is 9.59 Å². The van der Waals surface area contributed by atoms with Gasteiger partial charge >= 0.3 is 0 Å².